The van der Waals surface area contributed by atoms with Crippen LogP contribution in [-0.4, -0.2) is 24.2 Å². The van der Waals surface area contributed by atoms with Crippen molar-refractivity contribution in [2.45, 2.75) is 0 Å². The second kappa shape index (κ2) is 13.8. The Morgan fingerprint density at radius 3 is 1.26 bits per heavy atom. The molecule has 5 rings (SSSR count). The van der Waals surface area contributed by atoms with Gasteiger partial charge in [0, 0.05) is 32.5 Å². The van der Waals surface area contributed by atoms with E-state index in [1.165, 1.54) is 0 Å². The third-order valence-corrected chi connectivity index (χ3v) is 7.45. The first-order valence-corrected chi connectivity index (χ1v) is 14.5. The van der Waals surface area contributed by atoms with E-state index in [9.17, 15) is 9.59 Å². The van der Waals surface area contributed by atoms with Crippen LogP contribution in [-0.2, 0) is 0 Å². The fraction of sp³-hybridized carbons (Fsp3) is 0. The fourth-order valence-corrected chi connectivity index (χ4v) is 4.84. The van der Waals surface area contributed by atoms with Crippen LogP contribution in [0.25, 0.3) is 0 Å². The number of hydrogen-bond acceptors (Lipinski definition) is 4. The van der Waals surface area contributed by atoms with Gasteiger partial charge in [0.15, 0.2) is 0 Å². The van der Waals surface area contributed by atoms with Crippen molar-refractivity contribution < 1.29 is 9.59 Å². The Kier molecular flexibility index (Phi) is 9.48. The van der Waals surface area contributed by atoms with E-state index in [1.807, 2.05) is 84.9 Å². The largest absolute Gasteiger partial charge is 0.321 e. The molecule has 0 aliphatic rings. The molecule has 0 aromatic heterocycles. The van der Waals surface area contributed by atoms with Crippen molar-refractivity contribution in [3.8, 4) is 0 Å². The molecule has 0 aliphatic carbocycles. The van der Waals surface area contributed by atoms with Crippen LogP contribution in [0, 0.1) is 0 Å². The number of carbonyl (C=O) groups excluding carboxylic acids is 2. The van der Waals surface area contributed by atoms with Crippen molar-refractivity contribution in [2.75, 3.05) is 10.6 Å². The van der Waals surface area contributed by atoms with Crippen LogP contribution in [0.5, 0.6) is 0 Å². The Bertz CT molecular complexity index is 1640. The number of nitrogens with one attached hydrogen (secondary N) is 2. The maximum atomic E-state index is 12.9. The maximum Gasteiger partial charge on any atom is 0.255 e. The van der Waals surface area contributed by atoms with E-state index in [2.05, 4.69) is 52.5 Å². The molecule has 0 aliphatic heterocycles. The lowest BCUT2D eigenvalue weighted by Gasteiger charge is -2.10. The lowest BCUT2D eigenvalue weighted by molar-refractivity contribution is 0.101. The number of benzene rings is 5. The smallest absolute Gasteiger partial charge is 0.255 e. The van der Waals surface area contributed by atoms with Gasteiger partial charge in [0.05, 0.1) is 22.7 Å². The summed E-state index contributed by atoms with van der Waals surface area (Å²) in [5, 5.41) is 5.79. The van der Waals surface area contributed by atoms with Gasteiger partial charge in [0.2, 0.25) is 0 Å². The van der Waals surface area contributed by atoms with E-state index in [0.29, 0.717) is 31.4 Å². The standard InChI is InChI=1S/C34H24Br2N4O2/c35-29-19-27(37-21-23-7-3-1-4-8-23)15-17-31(29)39-33(41)25-11-13-26(14-12-25)34(42)40-32-18-16-28(20-30(32)36)38-22-24-9-5-2-6-10-24/h1-22H,(H,39,41)(H,40,42). The number of amides is 2. The van der Waals surface area contributed by atoms with Gasteiger partial charge in [0.25, 0.3) is 11.8 Å². The van der Waals surface area contributed by atoms with Gasteiger partial charge in [-0.05, 0) is 104 Å². The van der Waals surface area contributed by atoms with Crippen molar-refractivity contribution in [2.24, 2.45) is 9.98 Å². The fourth-order valence-electron chi connectivity index (χ4n) is 3.91. The normalized spacial score (nSPS) is 11.1. The first-order chi connectivity index (χ1) is 20.4. The Morgan fingerprint density at radius 1 is 0.524 bits per heavy atom. The Balaban J connectivity index is 1.18. The highest BCUT2D eigenvalue weighted by atomic mass is 79.9. The monoisotopic (exact) mass is 678 g/mol. The van der Waals surface area contributed by atoms with Gasteiger partial charge >= 0.3 is 0 Å². The molecule has 0 heterocycles. The number of aliphatic imine (C=N–C) groups is 2. The molecule has 5 aromatic carbocycles. The third kappa shape index (κ3) is 7.75. The van der Waals surface area contributed by atoms with Crippen LogP contribution in [0.1, 0.15) is 31.8 Å². The van der Waals surface area contributed by atoms with E-state index in [1.54, 1.807) is 48.8 Å². The van der Waals surface area contributed by atoms with E-state index >= 15 is 0 Å². The van der Waals surface area contributed by atoms with Crippen LogP contribution in [0.3, 0.4) is 0 Å². The first-order valence-electron chi connectivity index (χ1n) is 12.9. The van der Waals surface area contributed by atoms with Crippen molar-refractivity contribution >= 4 is 78.9 Å². The molecule has 2 N–H and O–H groups in total. The summed E-state index contributed by atoms with van der Waals surface area (Å²) in [7, 11) is 0. The van der Waals surface area contributed by atoms with Crippen molar-refractivity contribution in [3.05, 3.63) is 153 Å². The predicted molar refractivity (Wildman–Crippen MR) is 178 cm³/mol. The van der Waals surface area contributed by atoms with Crippen LogP contribution >= 0.6 is 31.9 Å². The number of halogens is 2. The van der Waals surface area contributed by atoms with Crippen molar-refractivity contribution in [1.29, 1.82) is 0 Å². The lowest BCUT2D eigenvalue weighted by Crippen LogP contribution is -2.14. The highest BCUT2D eigenvalue weighted by Gasteiger charge is 2.12. The zero-order chi connectivity index (χ0) is 29.3. The number of carbonyl (C=O) groups is 2. The zero-order valence-corrected chi connectivity index (χ0v) is 25.3. The number of rotatable bonds is 8. The Labute approximate surface area is 260 Å². The first kappa shape index (κ1) is 28.9. The van der Waals surface area contributed by atoms with Gasteiger partial charge < -0.3 is 10.6 Å². The molecule has 5 aromatic rings. The summed E-state index contributed by atoms with van der Waals surface area (Å²) >= 11 is 7.03. The molecule has 0 saturated heterocycles. The molecule has 0 unspecified atom stereocenters. The van der Waals surface area contributed by atoms with E-state index in [0.717, 1.165) is 22.5 Å². The molecule has 206 valence electrons. The summed E-state index contributed by atoms with van der Waals surface area (Å²) in [6, 6.07) is 37.0. The number of hydrogen-bond donors (Lipinski definition) is 2. The maximum absolute atomic E-state index is 12.9. The van der Waals surface area contributed by atoms with Crippen LogP contribution in [0.15, 0.2) is 140 Å². The molecular formula is C34H24Br2N4O2. The quantitative estimate of drug-likeness (QED) is 0.160. The molecule has 8 heteroatoms. The molecule has 6 nitrogen and oxygen atoms in total. The van der Waals surface area contributed by atoms with Gasteiger partial charge in [-0.15, -0.1) is 0 Å². The van der Waals surface area contributed by atoms with Gasteiger partial charge in [0.1, 0.15) is 0 Å². The minimum atomic E-state index is -0.294. The Morgan fingerprint density at radius 2 is 0.905 bits per heavy atom. The third-order valence-electron chi connectivity index (χ3n) is 6.14. The topological polar surface area (TPSA) is 82.9 Å². The average Bonchev–Trinajstić information content (AvgIpc) is 3.02. The van der Waals surface area contributed by atoms with E-state index in [4.69, 9.17) is 0 Å². The number of nitrogens with zero attached hydrogens (tertiary/aromatic N) is 2. The summed E-state index contributed by atoms with van der Waals surface area (Å²) in [6.45, 7) is 0. The predicted octanol–water partition coefficient (Wildman–Crippen LogP) is 9.22. The number of anilines is 2. The van der Waals surface area contributed by atoms with Crippen molar-refractivity contribution in [3.63, 3.8) is 0 Å². The second-order valence-electron chi connectivity index (χ2n) is 9.15. The summed E-state index contributed by atoms with van der Waals surface area (Å²) in [4.78, 5) is 34.7. The highest BCUT2D eigenvalue weighted by Crippen LogP contribution is 2.29. The Hall–Kier alpha value is -4.66. The summed E-state index contributed by atoms with van der Waals surface area (Å²) in [5.41, 5.74) is 5.57. The minimum absolute atomic E-state index is 0.294. The second-order valence-corrected chi connectivity index (χ2v) is 10.9. The summed E-state index contributed by atoms with van der Waals surface area (Å²) in [5.74, 6) is -0.588. The van der Waals surface area contributed by atoms with E-state index in [-0.39, 0.29) is 11.8 Å². The molecule has 0 radical (unpaired) electrons. The molecule has 0 saturated carbocycles. The van der Waals surface area contributed by atoms with Crippen LogP contribution < -0.4 is 10.6 Å². The SMILES string of the molecule is O=C(Nc1ccc(N=Cc2ccccc2)cc1Br)c1ccc(C(=O)Nc2ccc(N=Cc3ccccc3)cc2Br)cc1. The van der Waals surface area contributed by atoms with Crippen LogP contribution in [0.2, 0.25) is 0 Å². The van der Waals surface area contributed by atoms with Crippen LogP contribution in [0.4, 0.5) is 22.7 Å². The van der Waals surface area contributed by atoms with Crippen molar-refractivity contribution in [1.82, 2.24) is 0 Å². The average molecular weight is 680 g/mol. The molecule has 0 spiro atoms. The molecule has 0 fully saturated rings. The molecule has 42 heavy (non-hydrogen) atoms. The van der Waals surface area contributed by atoms with Gasteiger partial charge in [-0.2, -0.15) is 0 Å². The summed E-state index contributed by atoms with van der Waals surface area (Å²) in [6.07, 6.45) is 3.57. The molecule has 2 amide bonds. The molecular weight excluding hydrogens is 656 g/mol. The van der Waals surface area contributed by atoms with Gasteiger partial charge in [-0.1, -0.05) is 60.7 Å². The van der Waals surface area contributed by atoms with Gasteiger partial charge in [-0.3, -0.25) is 19.6 Å². The van der Waals surface area contributed by atoms with Gasteiger partial charge in [-0.25, -0.2) is 0 Å². The highest BCUT2D eigenvalue weighted by molar-refractivity contribution is 9.11. The summed E-state index contributed by atoms with van der Waals surface area (Å²) < 4.78 is 1.41. The molecule has 0 bridgehead atoms. The zero-order valence-electron chi connectivity index (χ0n) is 22.2. The minimum Gasteiger partial charge on any atom is -0.321 e. The molecule has 0 atom stereocenters. The lowest BCUT2D eigenvalue weighted by atomic mass is 10.1. The van der Waals surface area contributed by atoms with E-state index < -0.39 is 0 Å².